The predicted octanol–water partition coefficient (Wildman–Crippen LogP) is 3.35. The second-order valence-electron chi connectivity index (χ2n) is 2.87. The third kappa shape index (κ3) is 3.17. The lowest BCUT2D eigenvalue weighted by Gasteiger charge is -2.11. The molecule has 0 unspecified atom stereocenters. The van der Waals surface area contributed by atoms with Crippen LogP contribution in [0.25, 0.3) is 6.08 Å². The Labute approximate surface area is 95.5 Å². The summed E-state index contributed by atoms with van der Waals surface area (Å²) in [5, 5.41) is 0. The zero-order chi connectivity index (χ0) is 11.1. The van der Waals surface area contributed by atoms with Gasteiger partial charge in [-0.15, -0.1) is 11.6 Å². The van der Waals surface area contributed by atoms with Crippen LogP contribution in [-0.2, 0) is 0 Å². The van der Waals surface area contributed by atoms with Gasteiger partial charge in [0, 0.05) is 11.4 Å². The highest BCUT2D eigenvalue weighted by Gasteiger charge is 2.06. The number of allylic oxidation sites excluding steroid dienone is 1. The van der Waals surface area contributed by atoms with Gasteiger partial charge in [-0.1, -0.05) is 24.3 Å². The normalized spacial score (nSPS) is 10.6. The molecular weight excluding hydrogens is 212 g/mol. The molecule has 0 radical (unpaired) electrons. The first-order chi connectivity index (χ1) is 7.33. The van der Waals surface area contributed by atoms with Gasteiger partial charge in [0.2, 0.25) is 0 Å². The SMILES string of the molecule is CCOc1cccc(C=CCCl)c1OC. The standard InChI is InChI=1S/C12H15ClO2/c1-3-15-11-8-4-6-10(7-5-9-13)12(11)14-2/h4-8H,3,9H2,1-2H3. The number of ether oxygens (including phenoxy) is 2. The monoisotopic (exact) mass is 226 g/mol. The van der Waals surface area contributed by atoms with E-state index in [4.69, 9.17) is 21.1 Å². The third-order valence-electron chi connectivity index (χ3n) is 1.90. The molecule has 0 saturated carbocycles. The van der Waals surface area contributed by atoms with Crippen molar-refractivity contribution >= 4 is 17.7 Å². The van der Waals surface area contributed by atoms with Crippen LogP contribution in [0.15, 0.2) is 24.3 Å². The van der Waals surface area contributed by atoms with Crippen molar-refractivity contribution in [2.75, 3.05) is 19.6 Å². The van der Waals surface area contributed by atoms with Gasteiger partial charge in [0.15, 0.2) is 11.5 Å². The molecule has 0 N–H and O–H groups in total. The van der Waals surface area contributed by atoms with E-state index in [0.717, 1.165) is 17.1 Å². The predicted molar refractivity (Wildman–Crippen MR) is 63.9 cm³/mol. The maximum absolute atomic E-state index is 5.59. The molecule has 0 fully saturated rings. The number of benzene rings is 1. The number of rotatable bonds is 5. The van der Waals surface area contributed by atoms with Crippen molar-refractivity contribution in [3.63, 3.8) is 0 Å². The lowest BCUT2D eigenvalue weighted by Crippen LogP contribution is -1.96. The Hall–Kier alpha value is -1.15. The smallest absolute Gasteiger partial charge is 0.167 e. The minimum atomic E-state index is 0.488. The molecule has 0 aromatic heterocycles. The van der Waals surface area contributed by atoms with E-state index in [1.54, 1.807) is 7.11 Å². The van der Waals surface area contributed by atoms with E-state index in [0.29, 0.717) is 12.5 Å². The molecular formula is C12H15ClO2. The molecule has 0 aliphatic heterocycles. The van der Waals surface area contributed by atoms with Gasteiger partial charge in [-0.25, -0.2) is 0 Å². The van der Waals surface area contributed by atoms with Gasteiger partial charge in [0.05, 0.1) is 13.7 Å². The molecule has 1 aromatic rings. The average molecular weight is 227 g/mol. The Kier molecular flexibility index (Phi) is 5.05. The molecule has 3 heteroatoms. The molecule has 0 aliphatic rings. The Balaban J connectivity index is 3.04. The summed E-state index contributed by atoms with van der Waals surface area (Å²) in [6.07, 6.45) is 3.80. The first-order valence-electron chi connectivity index (χ1n) is 4.85. The molecule has 0 aliphatic carbocycles. The summed E-state index contributed by atoms with van der Waals surface area (Å²) in [5.74, 6) is 2.00. The molecule has 0 amide bonds. The summed E-state index contributed by atoms with van der Waals surface area (Å²) in [4.78, 5) is 0. The minimum absolute atomic E-state index is 0.488. The van der Waals surface area contributed by atoms with Crippen LogP contribution in [0.3, 0.4) is 0 Å². The van der Waals surface area contributed by atoms with Crippen molar-refractivity contribution in [2.24, 2.45) is 0 Å². The highest BCUT2D eigenvalue weighted by Crippen LogP contribution is 2.31. The summed E-state index contributed by atoms with van der Waals surface area (Å²) in [6, 6.07) is 5.78. The van der Waals surface area contributed by atoms with E-state index in [1.165, 1.54) is 0 Å². The van der Waals surface area contributed by atoms with Crippen molar-refractivity contribution < 1.29 is 9.47 Å². The summed E-state index contributed by atoms with van der Waals surface area (Å²) < 4.78 is 10.8. The van der Waals surface area contributed by atoms with Crippen molar-refractivity contribution in [1.29, 1.82) is 0 Å². The minimum Gasteiger partial charge on any atom is -0.492 e. The summed E-state index contributed by atoms with van der Waals surface area (Å²) in [7, 11) is 1.63. The van der Waals surface area contributed by atoms with E-state index in [-0.39, 0.29) is 0 Å². The molecule has 82 valence electrons. The largest absolute Gasteiger partial charge is 0.492 e. The highest BCUT2D eigenvalue weighted by atomic mass is 35.5. The van der Waals surface area contributed by atoms with Gasteiger partial charge in [-0.05, 0) is 13.0 Å². The molecule has 15 heavy (non-hydrogen) atoms. The van der Waals surface area contributed by atoms with E-state index in [9.17, 15) is 0 Å². The van der Waals surface area contributed by atoms with E-state index in [1.807, 2.05) is 37.3 Å². The van der Waals surface area contributed by atoms with Crippen LogP contribution in [-0.4, -0.2) is 19.6 Å². The Morgan fingerprint density at radius 3 is 2.80 bits per heavy atom. The molecule has 2 nitrogen and oxygen atoms in total. The number of hydrogen-bond donors (Lipinski definition) is 0. The number of alkyl halides is 1. The van der Waals surface area contributed by atoms with Crippen LogP contribution in [0, 0.1) is 0 Å². The lowest BCUT2D eigenvalue weighted by molar-refractivity contribution is 0.310. The zero-order valence-corrected chi connectivity index (χ0v) is 9.75. The number of para-hydroxylation sites is 1. The van der Waals surface area contributed by atoms with Gasteiger partial charge in [-0.3, -0.25) is 0 Å². The molecule has 1 rings (SSSR count). The van der Waals surface area contributed by atoms with Crippen LogP contribution in [0.1, 0.15) is 12.5 Å². The van der Waals surface area contributed by atoms with Gasteiger partial charge in [0.25, 0.3) is 0 Å². The number of halogens is 1. The summed E-state index contributed by atoms with van der Waals surface area (Å²) >= 11 is 5.59. The van der Waals surface area contributed by atoms with Crippen LogP contribution in [0.5, 0.6) is 11.5 Å². The fraction of sp³-hybridized carbons (Fsp3) is 0.333. The van der Waals surface area contributed by atoms with E-state index < -0.39 is 0 Å². The molecule has 0 atom stereocenters. The first kappa shape index (κ1) is 11.9. The fourth-order valence-electron chi connectivity index (χ4n) is 1.32. The topological polar surface area (TPSA) is 18.5 Å². The molecule has 0 heterocycles. The number of methoxy groups -OCH3 is 1. The van der Waals surface area contributed by atoms with E-state index >= 15 is 0 Å². The van der Waals surface area contributed by atoms with Crippen molar-refractivity contribution in [2.45, 2.75) is 6.92 Å². The molecule has 1 aromatic carbocycles. The maximum Gasteiger partial charge on any atom is 0.167 e. The Morgan fingerprint density at radius 2 is 2.20 bits per heavy atom. The lowest BCUT2D eigenvalue weighted by atomic mass is 10.1. The second kappa shape index (κ2) is 6.36. The van der Waals surface area contributed by atoms with Crippen molar-refractivity contribution in [1.82, 2.24) is 0 Å². The van der Waals surface area contributed by atoms with Gasteiger partial charge in [-0.2, -0.15) is 0 Å². The molecule has 0 saturated heterocycles. The quantitative estimate of drug-likeness (QED) is 0.717. The van der Waals surface area contributed by atoms with Gasteiger partial charge in [0.1, 0.15) is 0 Å². The van der Waals surface area contributed by atoms with Crippen LogP contribution >= 0.6 is 11.6 Å². The van der Waals surface area contributed by atoms with Crippen LogP contribution < -0.4 is 9.47 Å². The fourth-order valence-corrected chi connectivity index (χ4v) is 1.41. The van der Waals surface area contributed by atoms with Crippen LogP contribution in [0.2, 0.25) is 0 Å². The summed E-state index contributed by atoms with van der Waals surface area (Å²) in [6.45, 7) is 2.57. The van der Waals surface area contributed by atoms with Crippen LogP contribution in [0.4, 0.5) is 0 Å². The second-order valence-corrected chi connectivity index (χ2v) is 3.18. The summed E-state index contributed by atoms with van der Waals surface area (Å²) in [5.41, 5.74) is 0.976. The molecule has 0 spiro atoms. The highest BCUT2D eigenvalue weighted by molar-refractivity contribution is 6.19. The first-order valence-corrected chi connectivity index (χ1v) is 5.39. The third-order valence-corrected chi connectivity index (χ3v) is 2.08. The van der Waals surface area contributed by atoms with Crippen molar-refractivity contribution in [3.05, 3.63) is 29.8 Å². The Bertz CT molecular complexity index is 334. The Morgan fingerprint density at radius 1 is 1.40 bits per heavy atom. The van der Waals surface area contributed by atoms with Gasteiger partial charge >= 0.3 is 0 Å². The zero-order valence-electron chi connectivity index (χ0n) is 9.00. The molecule has 0 bridgehead atoms. The van der Waals surface area contributed by atoms with Crippen molar-refractivity contribution in [3.8, 4) is 11.5 Å². The maximum atomic E-state index is 5.59. The average Bonchev–Trinajstić information content (AvgIpc) is 2.27. The van der Waals surface area contributed by atoms with E-state index in [2.05, 4.69) is 0 Å². The number of hydrogen-bond acceptors (Lipinski definition) is 2. The van der Waals surface area contributed by atoms with Gasteiger partial charge < -0.3 is 9.47 Å².